The van der Waals surface area contributed by atoms with Gasteiger partial charge in [0.05, 0.1) is 32.6 Å². The van der Waals surface area contributed by atoms with E-state index in [1.165, 1.54) is 23.1 Å². The zero-order valence-electron chi connectivity index (χ0n) is 13.6. The molecule has 0 saturated heterocycles. The van der Waals surface area contributed by atoms with Gasteiger partial charge in [-0.2, -0.15) is 0 Å². The van der Waals surface area contributed by atoms with E-state index in [1.54, 1.807) is 18.2 Å². The molecule has 4 rings (SSSR count). The highest BCUT2D eigenvalue weighted by Gasteiger charge is 2.09. The van der Waals surface area contributed by atoms with Crippen molar-refractivity contribution in [2.75, 3.05) is 11.1 Å². The molecule has 0 unspecified atom stereocenters. The molecule has 1 amide bonds. The number of rotatable bonds is 5. The van der Waals surface area contributed by atoms with Gasteiger partial charge in [-0.15, -0.1) is 11.8 Å². The van der Waals surface area contributed by atoms with E-state index >= 15 is 0 Å². The number of fused-ring (bicyclic) bond motifs is 2. The van der Waals surface area contributed by atoms with E-state index in [0.29, 0.717) is 27.6 Å². The van der Waals surface area contributed by atoms with Crippen LogP contribution in [0.5, 0.6) is 0 Å². The molecule has 2 heterocycles. The lowest BCUT2D eigenvalue weighted by atomic mass is 10.2. The van der Waals surface area contributed by atoms with E-state index in [9.17, 15) is 9.59 Å². The molecule has 0 atom stereocenters. The molecule has 0 fully saturated rings. The van der Waals surface area contributed by atoms with Crippen LogP contribution in [-0.4, -0.2) is 26.6 Å². The molecule has 0 spiro atoms. The van der Waals surface area contributed by atoms with Crippen LogP contribution in [0.15, 0.2) is 53.3 Å². The molecule has 4 aromatic rings. The van der Waals surface area contributed by atoms with E-state index in [1.807, 2.05) is 30.3 Å². The first-order valence-electron chi connectivity index (χ1n) is 7.90. The lowest BCUT2D eigenvalue weighted by Gasteiger charge is -2.03. The van der Waals surface area contributed by atoms with Gasteiger partial charge in [0, 0.05) is 0 Å². The van der Waals surface area contributed by atoms with Crippen LogP contribution in [0.3, 0.4) is 0 Å². The van der Waals surface area contributed by atoms with Crippen molar-refractivity contribution in [1.82, 2.24) is 15.0 Å². The minimum absolute atomic E-state index is 0.128. The zero-order valence-corrected chi connectivity index (χ0v) is 15.2. The summed E-state index contributed by atoms with van der Waals surface area (Å²) in [4.78, 5) is 35.7. The molecule has 6 nitrogen and oxygen atoms in total. The third-order valence-electron chi connectivity index (χ3n) is 3.67. The first kappa shape index (κ1) is 16.7. The van der Waals surface area contributed by atoms with Crippen LogP contribution >= 0.6 is 23.1 Å². The number of thioether (sulfide) groups is 1. The molecule has 0 saturated carbocycles. The highest BCUT2D eigenvalue weighted by atomic mass is 32.2. The van der Waals surface area contributed by atoms with Gasteiger partial charge in [0.2, 0.25) is 5.91 Å². The maximum absolute atomic E-state index is 12.1. The van der Waals surface area contributed by atoms with Gasteiger partial charge in [0.15, 0.2) is 5.13 Å². The van der Waals surface area contributed by atoms with Crippen LogP contribution in [-0.2, 0) is 10.5 Å². The van der Waals surface area contributed by atoms with Crippen LogP contribution in [0.4, 0.5) is 5.13 Å². The molecule has 2 aromatic carbocycles. The molecule has 130 valence electrons. The predicted molar refractivity (Wildman–Crippen MR) is 107 cm³/mol. The number of thiazole rings is 1. The largest absolute Gasteiger partial charge is 0.309 e. The number of benzene rings is 2. The second-order valence-corrected chi connectivity index (χ2v) is 7.57. The maximum Gasteiger partial charge on any atom is 0.258 e. The third kappa shape index (κ3) is 3.61. The number of nitrogens with zero attached hydrogens (tertiary/aromatic N) is 2. The van der Waals surface area contributed by atoms with Crippen molar-refractivity contribution in [2.45, 2.75) is 5.75 Å². The summed E-state index contributed by atoms with van der Waals surface area (Å²) >= 11 is 2.84. The summed E-state index contributed by atoms with van der Waals surface area (Å²) in [6.07, 6.45) is 0. The van der Waals surface area contributed by atoms with E-state index in [-0.39, 0.29) is 17.2 Å². The number of carbonyl (C=O) groups is 1. The quantitative estimate of drug-likeness (QED) is 0.552. The summed E-state index contributed by atoms with van der Waals surface area (Å²) in [6.45, 7) is 0. The van der Waals surface area contributed by atoms with Gasteiger partial charge in [-0.25, -0.2) is 9.97 Å². The van der Waals surface area contributed by atoms with E-state index < -0.39 is 0 Å². The van der Waals surface area contributed by atoms with E-state index in [2.05, 4.69) is 20.3 Å². The summed E-state index contributed by atoms with van der Waals surface area (Å²) < 4.78 is 1.04. The van der Waals surface area contributed by atoms with Crippen molar-refractivity contribution in [3.05, 3.63) is 64.7 Å². The van der Waals surface area contributed by atoms with Crippen LogP contribution < -0.4 is 10.9 Å². The second kappa shape index (κ2) is 7.27. The number of aromatic amines is 1. The Labute approximate surface area is 156 Å². The third-order valence-corrected chi connectivity index (χ3v) is 5.57. The Balaban J connectivity index is 1.37. The van der Waals surface area contributed by atoms with Crippen molar-refractivity contribution in [1.29, 1.82) is 0 Å². The normalized spacial score (nSPS) is 11.1. The molecule has 2 N–H and O–H groups in total. The summed E-state index contributed by atoms with van der Waals surface area (Å²) in [5.74, 6) is 1.14. The number of nitrogens with one attached hydrogen (secondary N) is 2. The predicted octanol–water partition coefficient (Wildman–Crippen LogP) is 3.40. The van der Waals surface area contributed by atoms with E-state index in [4.69, 9.17) is 0 Å². The average Bonchev–Trinajstić information content (AvgIpc) is 3.04. The number of aromatic nitrogens is 3. The molecule has 0 aliphatic carbocycles. The molecule has 0 aliphatic rings. The minimum Gasteiger partial charge on any atom is -0.309 e. The number of amides is 1. The number of para-hydroxylation sites is 2. The Morgan fingerprint density at radius 2 is 1.85 bits per heavy atom. The number of anilines is 1. The van der Waals surface area contributed by atoms with Crippen molar-refractivity contribution in [3.8, 4) is 0 Å². The van der Waals surface area contributed by atoms with Gasteiger partial charge < -0.3 is 10.3 Å². The summed E-state index contributed by atoms with van der Waals surface area (Å²) in [5, 5.41) is 3.97. The van der Waals surface area contributed by atoms with Crippen molar-refractivity contribution >= 4 is 55.3 Å². The monoisotopic (exact) mass is 382 g/mol. The molecular formula is C18H14N4O2S2. The molecule has 2 aromatic heterocycles. The SMILES string of the molecule is O=C(CSCc1nc2ccccc2c(=O)[nH]1)Nc1nc2ccccc2s1. The minimum atomic E-state index is -0.162. The number of carbonyl (C=O) groups excluding carboxylic acids is 1. The summed E-state index contributed by atoms with van der Waals surface area (Å²) in [5.41, 5.74) is 1.37. The topological polar surface area (TPSA) is 87.7 Å². The highest BCUT2D eigenvalue weighted by molar-refractivity contribution is 7.99. The van der Waals surface area contributed by atoms with Crippen molar-refractivity contribution < 1.29 is 4.79 Å². The zero-order chi connectivity index (χ0) is 17.9. The van der Waals surface area contributed by atoms with Gasteiger partial charge in [-0.05, 0) is 24.3 Å². The standard InChI is InChI=1S/C18H14N4O2S2/c23-16(22-18-20-13-7-3-4-8-14(13)26-18)10-25-9-15-19-12-6-2-1-5-11(12)17(24)21-15/h1-8H,9-10H2,(H,19,21,24)(H,20,22,23). The van der Waals surface area contributed by atoms with Crippen LogP contribution in [0.1, 0.15) is 5.82 Å². The van der Waals surface area contributed by atoms with E-state index in [0.717, 1.165) is 10.2 Å². The maximum atomic E-state index is 12.1. The smallest absolute Gasteiger partial charge is 0.258 e. The van der Waals surface area contributed by atoms with Crippen LogP contribution in [0.25, 0.3) is 21.1 Å². The van der Waals surface area contributed by atoms with Crippen molar-refractivity contribution in [3.63, 3.8) is 0 Å². The first-order valence-corrected chi connectivity index (χ1v) is 9.87. The Hall–Kier alpha value is -2.71. The fourth-order valence-corrected chi connectivity index (χ4v) is 4.10. The summed E-state index contributed by atoms with van der Waals surface area (Å²) in [6, 6.07) is 14.9. The van der Waals surface area contributed by atoms with Gasteiger partial charge in [-0.3, -0.25) is 9.59 Å². The number of hydrogen-bond acceptors (Lipinski definition) is 6. The summed E-state index contributed by atoms with van der Waals surface area (Å²) in [7, 11) is 0. The molecule has 26 heavy (non-hydrogen) atoms. The molecule has 0 aliphatic heterocycles. The number of H-pyrrole nitrogens is 1. The lowest BCUT2D eigenvalue weighted by Crippen LogP contribution is -2.15. The Morgan fingerprint density at radius 1 is 1.08 bits per heavy atom. The van der Waals surface area contributed by atoms with Gasteiger partial charge in [0.1, 0.15) is 5.82 Å². The molecule has 0 bridgehead atoms. The van der Waals surface area contributed by atoms with Gasteiger partial charge in [-0.1, -0.05) is 35.6 Å². The van der Waals surface area contributed by atoms with Crippen LogP contribution in [0.2, 0.25) is 0 Å². The highest BCUT2D eigenvalue weighted by Crippen LogP contribution is 2.25. The fraction of sp³-hybridized carbons (Fsp3) is 0.111. The molecular weight excluding hydrogens is 368 g/mol. The molecule has 8 heteroatoms. The van der Waals surface area contributed by atoms with Gasteiger partial charge >= 0.3 is 0 Å². The Morgan fingerprint density at radius 3 is 2.69 bits per heavy atom. The van der Waals surface area contributed by atoms with Crippen molar-refractivity contribution in [2.24, 2.45) is 0 Å². The second-order valence-electron chi connectivity index (χ2n) is 5.56. The average molecular weight is 382 g/mol. The number of hydrogen-bond donors (Lipinski definition) is 2. The van der Waals surface area contributed by atoms with Gasteiger partial charge in [0.25, 0.3) is 5.56 Å². The van der Waals surface area contributed by atoms with Crippen LogP contribution in [0, 0.1) is 0 Å². The Bertz CT molecular complexity index is 1120. The Kier molecular flexibility index (Phi) is 4.68. The molecule has 0 radical (unpaired) electrons. The fourth-order valence-electron chi connectivity index (χ4n) is 2.52. The first-order chi connectivity index (χ1) is 12.7. The lowest BCUT2D eigenvalue weighted by molar-refractivity contribution is -0.113.